The Bertz CT molecular complexity index is 464. The molecule has 3 aliphatic heterocycles. The second kappa shape index (κ2) is 7.30. The number of amides is 3. The quantitative estimate of drug-likeness (QED) is 0.853. The Kier molecular flexibility index (Phi) is 5.33. The van der Waals surface area contributed by atoms with E-state index in [1.165, 1.54) is 0 Å². The van der Waals surface area contributed by atoms with Crippen LogP contribution in [-0.4, -0.2) is 66.2 Å². The average Bonchev–Trinajstić information content (AvgIpc) is 2.92. The number of carbonyl (C=O) groups is 2. The topological polar surface area (TPSA) is 61.9 Å². The van der Waals surface area contributed by atoms with Gasteiger partial charge in [0.25, 0.3) is 0 Å². The minimum atomic E-state index is -0.0679. The maximum Gasteiger partial charge on any atom is 0.318 e. The standard InChI is InChI=1S/C18H31N3O3/c1-3-14(4-2)16(22)20-9-5-15(6-10-20)21-17(23)19-13-18(21)7-11-24-12-8-18/h14-15H,3-13H2,1-2H3,(H,19,23). The minimum absolute atomic E-state index is 0.0679. The number of likely N-dealkylation sites (tertiary alicyclic amines) is 1. The van der Waals surface area contributed by atoms with E-state index in [-0.39, 0.29) is 23.5 Å². The summed E-state index contributed by atoms with van der Waals surface area (Å²) in [5, 5.41) is 3.05. The van der Waals surface area contributed by atoms with E-state index in [4.69, 9.17) is 4.74 Å². The molecular formula is C18H31N3O3. The Morgan fingerprint density at radius 3 is 2.46 bits per heavy atom. The Labute approximate surface area is 144 Å². The number of ether oxygens (including phenoxy) is 1. The number of carbonyl (C=O) groups excluding carboxylic acids is 2. The number of nitrogens with one attached hydrogen (secondary N) is 1. The first-order valence-corrected chi connectivity index (χ1v) is 9.55. The third-order valence-corrected chi connectivity index (χ3v) is 6.20. The van der Waals surface area contributed by atoms with Crippen LogP contribution in [0.1, 0.15) is 52.4 Å². The number of hydrogen-bond donors (Lipinski definition) is 1. The summed E-state index contributed by atoms with van der Waals surface area (Å²) in [6, 6.07) is 0.318. The van der Waals surface area contributed by atoms with Gasteiger partial charge in [-0.3, -0.25) is 4.79 Å². The molecule has 24 heavy (non-hydrogen) atoms. The zero-order valence-corrected chi connectivity index (χ0v) is 15.1. The highest BCUT2D eigenvalue weighted by Gasteiger charge is 2.49. The van der Waals surface area contributed by atoms with Crippen LogP contribution in [0.25, 0.3) is 0 Å². The minimum Gasteiger partial charge on any atom is -0.381 e. The first kappa shape index (κ1) is 17.5. The molecule has 0 saturated carbocycles. The van der Waals surface area contributed by atoms with E-state index >= 15 is 0 Å². The highest BCUT2D eigenvalue weighted by molar-refractivity contribution is 5.79. The summed E-state index contributed by atoms with van der Waals surface area (Å²) in [5.74, 6) is 0.448. The van der Waals surface area contributed by atoms with Crippen molar-refractivity contribution >= 4 is 11.9 Å². The molecule has 0 bridgehead atoms. The van der Waals surface area contributed by atoms with Gasteiger partial charge in [-0.2, -0.15) is 0 Å². The fraction of sp³-hybridized carbons (Fsp3) is 0.889. The third-order valence-electron chi connectivity index (χ3n) is 6.20. The van der Waals surface area contributed by atoms with Crippen molar-refractivity contribution in [3.63, 3.8) is 0 Å². The molecule has 0 aromatic rings. The van der Waals surface area contributed by atoms with E-state index in [1.54, 1.807) is 0 Å². The monoisotopic (exact) mass is 337 g/mol. The molecule has 0 unspecified atom stereocenters. The maximum absolute atomic E-state index is 12.6. The lowest BCUT2D eigenvalue weighted by atomic mass is 9.86. The van der Waals surface area contributed by atoms with Gasteiger partial charge in [0, 0.05) is 44.8 Å². The predicted octanol–water partition coefficient (Wildman–Crippen LogP) is 1.99. The summed E-state index contributed by atoms with van der Waals surface area (Å²) in [6.45, 7) is 7.92. The van der Waals surface area contributed by atoms with Crippen molar-refractivity contribution in [3.05, 3.63) is 0 Å². The van der Waals surface area contributed by atoms with Crippen LogP contribution in [0.5, 0.6) is 0 Å². The van der Waals surface area contributed by atoms with Gasteiger partial charge >= 0.3 is 6.03 Å². The second-order valence-electron chi connectivity index (χ2n) is 7.44. The molecule has 6 heteroatoms. The molecule has 0 atom stereocenters. The van der Waals surface area contributed by atoms with Crippen molar-refractivity contribution < 1.29 is 14.3 Å². The van der Waals surface area contributed by atoms with Gasteiger partial charge in [0.1, 0.15) is 0 Å². The largest absolute Gasteiger partial charge is 0.381 e. The predicted molar refractivity (Wildman–Crippen MR) is 91.7 cm³/mol. The van der Waals surface area contributed by atoms with Crippen LogP contribution in [0.2, 0.25) is 0 Å². The first-order valence-electron chi connectivity index (χ1n) is 9.55. The number of rotatable bonds is 4. The van der Waals surface area contributed by atoms with Gasteiger partial charge < -0.3 is 19.9 Å². The summed E-state index contributed by atoms with van der Waals surface area (Å²) in [7, 11) is 0. The van der Waals surface area contributed by atoms with Crippen LogP contribution in [-0.2, 0) is 9.53 Å². The lowest BCUT2D eigenvalue weighted by Gasteiger charge is -2.46. The van der Waals surface area contributed by atoms with Crippen LogP contribution in [0.4, 0.5) is 4.79 Å². The zero-order valence-electron chi connectivity index (χ0n) is 15.1. The van der Waals surface area contributed by atoms with Gasteiger partial charge in [-0.15, -0.1) is 0 Å². The van der Waals surface area contributed by atoms with Gasteiger partial charge in [-0.25, -0.2) is 4.79 Å². The summed E-state index contributed by atoms with van der Waals surface area (Å²) in [4.78, 5) is 29.1. The van der Waals surface area contributed by atoms with Gasteiger partial charge in [0.15, 0.2) is 0 Å². The highest BCUT2D eigenvalue weighted by atomic mass is 16.5. The van der Waals surface area contributed by atoms with Crippen LogP contribution < -0.4 is 5.32 Å². The Hall–Kier alpha value is -1.30. The summed E-state index contributed by atoms with van der Waals surface area (Å²) in [5.41, 5.74) is -0.0679. The lowest BCUT2D eigenvalue weighted by Crippen LogP contribution is -2.58. The fourth-order valence-corrected chi connectivity index (χ4v) is 4.59. The van der Waals surface area contributed by atoms with Crippen molar-refractivity contribution in [2.75, 3.05) is 32.8 Å². The van der Waals surface area contributed by atoms with Crippen molar-refractivity contribution in [2.24, 2.45) is 5.92 Å². The van der Waals surface area contributed by atoms with Gasteiger partial charge in [-0.05, 0) is 38.5 Å². The molecule has 3 rings (SSSR count). The highest BCUT2D eigenvalue weighted by Crippen LogP contribution is 2.36. The van der Waals surface area contributed by atoms with Gasteiger partial charge in [-0.1, -0.05) is 13.8 Å². The maximum atomic E-state index is 12.6. The molecule has 0 aromatic heterocycles. The molecule has 3 heterocycles. The van der Waals surface area contributed by atoms with E-state index < -0.39 is 0 Å². The molecule has 3 saturated heterocycles. The summed E-state index contributed by atoms with van der Waals surface area (Å²) in [6.07, 6.45) is 5.43. The molecule has 0 aromatic carbocycles. The summed E-state index contributed by atoms with van der Waals surface area (Å²) < 4.78 is 5.51. The number of nitrogens with zero attached hydrogens (tertiary/aromatic N) is 2. The summed E-state index contributed by atoms with van der Waals surface area (Å²) >= 11 is 0. The molecule has 1 N–H and O–H groups in total. The van der Waals surface area contributed by atoms with Crippen molar-refractivity contribution in [2.45, 2.75) is 64.0 Å². The Balaban J connectivity index is 1.63. The molecular weight excluding hydrogens is 306 g/mol. The smallest absolute Gasteiger partial charge is 0.318 e. The average molecular weight is 337 g/mol. The molecule has 3 aliphatic rings. The molecule has 0 radical (unpaired) electrons. The second-order valence-corrected chi connectivity index (χ2v) is 7.44. The molecule has 0 aliphatic carbocycles. The zero-order chi connectivity index (χ0) is 17.2. The van der Waals surface area contributed by atoms with Crippen LogP contribution in [0.15, 0.2) is 0 Å². The van der Waals surface area contributed by atoms with E-state index in [0.717, 1.165) is 71.4 Å². The molecule has 136 valence electrons. The molecule has 3 fully saturated rings. The normalized spacial score (nSPS) is 24.7. The number of hydrogen-bond acceptors (Lipinski definition) is 3. The van der Waals surface area contributed by atoms with Gasteiger partial charge in [0.05, 0.1) is 5.54 Å². The van der Waals surface area contributed by atoms with Gasteiger partial charge in [0.2, 0.25) is 5.91 Å². The SMILES string of the molecule is CCC(CC)C(=O)N1CCC(N2C(=O)NCC23CCOCC3)CC1. The van der Waals surface area contributed by atoms with E-state index in [1.807, 2.05) is 4.90 Å². The fourth-order valence-electron chi connectivity index (χ4n) is 4.59. The Morgan fingerprint density at radius 2 is 1.88 bits per heavy atom. The molecule has 6 nitrogen and oxygen atoms in total. The Morgan fingerprint density at radius 1 is 1.25 bits per heavy atom. The van der Waals surface area contributed by atoms with Crippen molar-refractivity contribution in [1.29, 1.82) is 0 Å². The van der Waals surface area contributed by atoms with E-state index in [9.17, 15) is 9.59 Å². The first-order chi connectivity index (χ1) is 11.6. The van der Waals surface area contributed by atoms with E-state index in [2.05, 4.69) is 24.1 Å². The number of urea groups is 1. The number of piperidine rings is 1. The van der Waals surface area contributed by atoms with Crippen LogP contribution >= 0.6 is 0 Å². The van der Waals surface area contributed by atoms with Crippen LogP contribution in [0.3, 0.4) is 0 Å². The lowest BCUT2D eigenvalue weighted by molar-refractivity contribution is -0.137. The molecule has 1 spiro atoms. The van der Waals surface area contributed by atoms with Crippen LogP contribution in [0, 0.1) is 5.92 Å². The van der Waals surface area contributed by atoms with Crippen molar-refractivity contribution in [3.8, 4) is 0 Å². The molecule has 3 amide bonds. The van der Waals surface area contributed by atoms with Crippen molar-refractivity contribution in [1.82, 2.24) is 15.1 Å². The third kappa shape index (κ3) is 3.13. The van der Waals surface area contributed by atoms with E-state index in [0.29, 0.717) is 5.91 Å².